The Kier molecular flexibility index (Phi) is 6.87. The second-order valence-electron chi connectivity index (χ2n) is 8.15. The Morgan fingerprint density at radius 3 is 2.65 bits per heavy atom. The minimum Gasteiger partial charge on any atom is -0.435 e. The summed E-state index contributed by atoms with van der Waals surface area (Å²) in [6.45, 7) is -2.34. The first kappa shape index (κ1) is 24.4. The van der Waals surface area contributed by atoms with Crippen molar-refractivity contribution in [1.82, 2.24) is 9.55 Å². The van der Waals surface area contributed by atoms with Gasteiger partial charge in [-0.2, -0.15) is 8.78 Å². The molecule has 0 fully saturated rings. The maximum Gasteiger partial charge on any atom is 0.387 e. The molecule has 11 heteroatoms. The van der Waals surface area contributed by atoms with Crippen LogP contribution in [0, 0.1) is 10.1 Å². The van der Waals surface area contributed by atoms with Crippen molar-refractivity contribution in [3.8, 4) is 22.7 Å². The number of thioether (sulfide) groups is 1. The molecule has 0 radical (unpaired) electrons. The summed E-state index contributed by atoms with van der Waals surface area (Å²) in [6, 6.07) is 19.9. The van der Waals surface area contributed by atoms with Crippen LogP contribution in [-0.4, -0.2) is 39.3 Å². The third-order valence-electron chi connectivity index (χ3n) is 5.92. The molecule has 1 aliphatic heterocycles. The average molecular weight is 523 g/mol. The van der Waals surface area contributed by atoms with E-state index in [1.54, 1.807) is 39.9 Å². The molecule has 0 aliphatic carbocycles. The Morgan fingerprint density at radius 2 is 1.89 bits per heavy atom. The largest absolute Gasteiger partial charge is 0.435 e. The average Bonchev–Trinajstić information content (AvgIpc) is 3.52. The number of halogens is 2. The first-order chi connectivity index (χ1) is 17.9. The standard InChI is InChI=1S/C26H20F2N4O4S/c27-25(28)36-21-10-8-19(9-11-21)31-23(18-5-3-6-20(14-18)32(34)35)15-29-26(31)37-16-24(33)30-13-12-17-4-1-2-7-22(17)30/h1-11,14-15,25H,12-13,16H2. The van der Waals surface area contributed by atoms with Crippen molar-refractivity contribution in [2.75, 3.05) is 17.2 Å². The van der Waals surface area contributed by atoms with Gasteiger partial charge in [-0.15, -0.1) is 0 Å². The van der Waals surface area contributed by atoms with Crippen LogP contribution < -0.4 is 9.64 Å². The first-order valence-electron chi connectivity index (χ1n) is 11.3. The third-order valence-corrected chi connectivity index (χ3v) is 6.85. The van der Waals surface area contributed by atoms with Crippen LogP contribution in [0.5, 0.6) is 5.75 Å². The molecule has 1 amide bonds. The minimum absolute atomic E-state index is 0.00663. The van der Waals surface area contributed by atoms with E-state index in [2.05, 4.69) is 9.72 Å². The number of fused-ring (bicyclic) bond motifs is 1. The van der Waals surface area contributed by atoms with Gasteiger partial charge in [-0.1, -0.05) is 42.1 Å². The number of alkyl halides is 2. The van der Waals surface area contributed by atoms with E-state index in [0.717, 1.165) is 17.7 Å². The number of nitrogens with zero attached hydrogens (tertiary/aromatic N) is 4. The molecule has 8 nitrogen and oxygen atoms in total. The summed E-state index contributed by atoms with van der Waals surface area (Å²) in [7, 11) is 0. The van der Waals surface area contributed by atoms with Gasteiger partial charge in [0.05, 0.1) is 22.6 Å². The van der Waals surface area contributed by atoms with Gasteiger partial charge in [0.15, 0.2) is 5.16 Å². The van der Waals surface area contributed by atoms with Crippen LogP contribution in [0.15, 0.2) is 84.1 Å². The normalized spacial score (nSPS) is 12.6. The summed E-state index contributed by atoms with van der Waals surface area (Å²) in [6.07, 6.45) is 2.37. The van der Waals surface area contributed by atoms with Gasteiger partial charge in [0.1, 0.15) is 5.75 Å². The number of rotatable bonds is 8. The van der Waals surface area contributed by atoms with Crippen LogP contribution in [0.3, 0.4) is 0 Å². The van der Waals surface area contributed by atoms with Crippen LogP contribution in [0.2, 0.25) is 0 Å². The Labute approximate surface area is 214 Å². The Morgan fingerprint density at radius 1 is 1.11 bits per heavy atom. The molecule has 0 unspecified atom stereocenters. The van der Waals surface area contributed by atoms with Crippen molar-refractivity contribution in [3.05, 3.63) is 94.7 Å². The molecular formula is C26H20F2N4O4S. The lowest BCUT2D eigenvalue weighted by atomic mass is 10.1. The van der Waals surface area contributed by atoms with Crippen molar-refractivity contribution >= 4 is 29.0 Å². The molecule has 0 N–H and O–H groups in total. The smallest absolute Gasteiger partial charge is 0.387 e. The Balaban J connectivity index is 1.46. The summed E-state index contributed by atoms with van der Waals surface area (Å²) in [4.78, 5) is 30.2. The second kappa shape index (κ2) is 10.4. The van der Waals surface area contributed by atoms with Crippen LogP contribution >= 0.6 is 11.8 Å². The molecule has 1 aromatic heterocycles. The quantitative estimate of drug-likeness (QED) is 0.167. The maximum absolute atomic E-state index is 13.1. The van der Waals surface area contributed by atoms with E-state index < -0.39 is 11.5 Å². The predicted molar refractivity (Wildman–Crippen MR) is 136 cm³/mol. The highest BCUT2D eigenvalue weighted by molar-refractivity contribution is 7.99. The number of hydrogen-bond acceptors (Lipinski definition) is 6. The molecule has 0 saturated carbocycles. The molecule has 37 heavy (non-hydrogen) atoms. The molecule has 5 rings (SSSR count). The molecule has 0 saturated heterocycles. The van der Waals surface area contributed by atoms with Gasteiger partial charge >= 0.3 is 6.61 Å². The number of carbonyl (C=O) groups excluding carboxylic acids is 1. The van der Waals surface area contributed by atoms with Crippen molar-refractivity contribution in [3.63, 3.8) is 0 Å². The molecule has 0 spiro atoms. The lowest BCUT2D eigenvalue weighted by Gasteiger charge is -2.17. The summed E-state index contributed by atoms with van der Waals surface area (Å²) < 4.78 is 31.4. The highest BCUT2D eigenvalue weighted by Gasteiger charge is 2.25. The van der Waals surface area contributed by atoms with E-state index >= 15 is 0 Å². The van der Waals surface area contributed by atoms with E-state index in [9.17, 15) is 23.7 Å². The summed E-state index contributed by atoms with van der Waals surface area (Å²) >= 11 is 1.23. The zero-order valence-corrected chi connectivity index (χ0v) is 20.1. The molecule has 1 aliphatic rings. The number of ether oxygens (including phenoxy) is 1. The highest BCUT2D eigenvalue weighted by atomic mass is 32.2. The molecule has 3 aromatic carbocycles. The van der Waals surface area contributed by atoms with Crippen LogP contribution in [0.4, 0.5) is 20.2 Å². The van der Waals surface area contributed by atoms with E-state index in [-0.39, 0.29) is 23.1 Å². The number of benzene rings is 3. The molecular weight excluding hydrogens is 502 g/mol. The number of imidazole rings is 1. The Hall–Kier alpha value is -4.25. The van der Waals surface area contributed by atoms with Crippen LogP contribution in [0.25, 0.3) is 16.9 Å². The van der Waals surface area contributed by atoms with E-state index in [1.807, 2.05) is 24.3 Å². The fraction of sp³-hybridized carbons (Fsp3) is 0.154. The first-order valence-corrected chi connectivity index (χ1v) is 12.3. The fourth-order valence-corrected chi connectivity index (χ4v) is 5.12. The van der Waals surface area contributed by atoms with Crippen molar-refractivity contribution in [2.45, 2.75) is 18.2 Å². The summed E-state index contributed by atoms with van der Waals surface area (Å²) in [5.74, 6) is 0.0432. The van der Waals surface area contributed by atoms with E-state index in [0.29, 0.717) is 28.6 Å². The zero-order valence-electron chi connectivity index (χ0n) is 19.3. The van der Waals surface area contributed by atoms with E-state index in [4.69, 9.17) is 0 Å². The number of amides is 1. The Bertz CT molecular complexity index is 1460. The number of carbonyl (C=O) groups is 1. The fourth-order valence-electron chi connectivity index (χ4n) is 4.25. The number of hydrogen-bond donors (Lipinski definition) is 0. The zero-order chi connectivity index (χ0) is 25.9. The van der Waals surface area contributed by atoms with Gasteiger partial charge in [-0.05, 0) is 42.3 Å². The SMILES string of the molecule is O=C(CSc1ncc(-c2cccc([N+](=O)[O-])c2)n1-c1ccc(OC(F)F)cc1)N1CCc2ccccc21. The van der Waals surface area contributed by atoms with Gasteiger partial charge in [-0.3, -0.25) is 19.5 Å². The van der Waals surface area contributed by atoms with Crippen molar-refractivity contribution < 1.29 is 23.2 Å². The van der Waals surface area contributed by atoms with Gasteiger partial charge in [0.2, 0.25) is 5.91 Å². The molecule has 4 aromatic rings. The predicted octanol–water partition coefficient (Wildman–Crippen LogP) is 5.73. The number of nitro benzene ring substituents is 1. The summed E-state index contributed by atoms with van der Waals surface area (Å²) in [5, 5.41) is 11.8. The van der Waals surface area contributed by atoms with E-state index in [1.165, 1.54) is 36.0 Å². The van der Waals surface area contributed by atoms with Gasteiger partial charge in [0.25, 0.3) is 5.69 Å². The van der Waals surface area contributed by atoms with Crippen LogP contribution in [-0.2, 0) is 11.2 Å². The minimum atomic E-state index is -2.95. The van der Waals surface area contributed by atoms with Crippen molar-refractivity contribution in [1.29, 1.82) is 0 Å². The number of nitro groups is 1. The number of aromatic nitrogens is 2. The molecule has 0 atom stereocenters. The van der Waals surface area contributed by atoms with Gasteiger partial charge in [0, 0.05) is 35.6 Å². The lowest BCUT2D eigenvalue weighted by Crippen LogP contribution is -2.30. The highest BCUT2D eigenvalue weighted by Crippen LogP contribution is 2.33. The summed E-state index contributed by atoms with van der Waals surface area (Å²) in [5.41, 5.74) is 3.61. The second-order valence-corrected chi connectivity index (χ2v) is 9.10. The van der Waals surface area contributed by atoms with Crippen molar-refractivity contribution in [2.24, 2.45) is 0 Å². The molecule has 188 valence electrons. The number of non-ortho nitro benzene ring substituents is 1. The number of para-hydroxylation sites is 1. The number of anilines is 1. The topological polar surface area (TPSA) is 90.5 Å². The maximum atomic E-state index is 13.1. The molecule has 0 bridgehead atoms. The van der Waals surface area contributed by atoms with Gasteiger partial charge in [-0.25, -0.2) is 4.98 Å². The lowest BCUT2D eigenvalue weighted by molar-refractivity contribution is -0.384. The van der Waals surface area contributed by atoms with Crippen LogP contribution in [0.1, 0.15) is 5.56 Å². The molecule has 2 heterocycles. The monoisotopic (exact) mass is 522 g/mol. The van der Waals surface area contributed by atoms with Gasteiger partial charge < -0.3 is 9.64 Å². The third kappa shape index (κ3) is 5.17.